The van der Waals surface area contributed by atoms with Crippen LogP contribution in [0.15, 0.2) is 45.3 Å². The number of hydrogen-bond acceptors (Lipinski definition) is 1. The molecule has 2 aromatic carbocycles. The summed E-state index contributed by atoms with van der Waals surface area (Å²) in [5.41, 5.74) is 3.67. The van der Waals surface area contributed by atoms with Gasteiger partial charge in [0.05, 0.1) is 0 Å². The lowest BCUT2D eigenvalue weighted by molar-refractivity contribution is 0.262. The SMILES string of the molecule is Cc1cc(NC(=O)Nc2ccc(Br)c(C)c2)ccc1Br. The zero-order valence-electron chi connectivity index (χ0n) is 11.1. The largest absolute Gasteiger partial charge is 0.323 e. The number of carbonyl (C=O) groups excluding carboxylic acids is 1. The molecule has 0 radical (unpaired) electrons. The summed E-state index contributed by atoms with van der Waals surface area (Å²) < 4.78 is 2.04. The molecule has 0 aliphatic carbocycles. The fourth-order valence-corrected chi connectivity index (χ4v) is 2.23. The van der Waals surface area contributed by atoms with E-state index >= 15 is 0 Å². The summed E-state index contributed by atoms with van der Waals surface area (Å²) in [4.78, 5) is 11.9. The van der Waals surface area contributed by atoms with Crippen molar-refractivity contribution in [2.75, 3.05) is 10.6 Å². The topological polar surface area (TPSA) is 41.1 Å². The number of urea groups is 1. The molecule has 2 aromatic rings. The summed E-state index contributed by atoms with van der Waals surface area (Å²) in [6.45, 7) is 3.95. The van der Waals surface area contributed by atoms with E-state index in [1.807, 2.05) is 50.2 Å². The number of aryl methyl sites for hydroxylation is 2. The van der Waals surface area contributed by atoms with E-state index in [1.165, 1.54) is 0 Å². The van der Waals surface area contributed by atoms with Crippen LogP contribution in [0.25, 0.3) is 0 Å². The predicted molar refractivity (Wildman–Crippen MR) is 90.4 cm³/mol. The fraction of sp³-hybridized carbons (Fsp3) is 0.133. The van der Waals surface area contributed by atoms with E-state index in [1.54, 1.807) is 0 Å². The van der Waals surface area contributed by atoms with Crippen LogP contribution in [-0.2, 0) is 0 Å². The fourth-order valence-electron chi connectivity index (χ4n) is 1.74. The van der Waals surface area contributed by atoms with E-state index < -0.39 is 0 Å². The molecule has 0 bridgehead atoms. The first-order valence-corrected chi connectivity index (χ1v) is 7.64. The number of halogens is 2. The Kier molecular flexibility index (Phi) is 4.83. The monoisotopic (exact) mass is 396 g/mol. The van der Waals surface area contributed by atoms with Gasteiger partial charge in [-0.3, -0.25) is 0 Å². The minimum Gasteiger partial charge on any atom is -0.308 e. The number of amides is 2. The quantitative estimate of drug-likeness (QED) is 0.692. The van der Waals surface area contributed by atoms with Crippen LogP contribution in [0.1, 0.15) is 11.1 Å². The van der Waals surface area contributed by atoms with Crippen LogP contribution in [0.4, 0.5) is 16.2 Å². The zero-order valence-corrected chi connectivity index (χ0v) is 14.3. The average Bonchev–Trinajstić information content (AvgIpc) is 2.38. The van der Waals surface area contributed by atoms with Gasteiger partial charge in [-0.05, 0) is 61.4 Å². The highest BCUT2D eigenvalue weighted by Crippen LogP contribution is 2.22. The number of carbonyl (C=O) groups is 1. The van der Waals surface area contributed by atoms with Crippen LogP contribution in [-0.4, -0.2) is 6.03 Å². The van der Waals surface area contributed by atoms with Crippen LogP contribution < -0.4 is 10.6 Å². The molecule has 0 heterocycles. The first kappa shape index (κ1) is 15.1. The van der Waals surface area contributed by atoms with Crippen LogP contribution in [0, 0.1) is 13.8 Å². The Morgan fingerprint density at radius 1 is 0.850 bits per heavy atom. The summed E-state index contributed by atoms with van der Waals surface area (Å²) in [6, 6.07) is 11.1. The molecule has 104 valence electrons. The van der Waals surface area contributed by atoms with Gasteiger partial charge in [-0.2, -0.15) is 0 Å². The summed E-state index contributed by atoms with van der Waals surface area (Å²) in [5, 5.41) is 5.62. The molecule has 2 amide bonds. The number of benzene rings is 2. The Hall–Kier alpha value is -1.33. The van der Waals surface area contributed by atoms with Crippen molar-refractivity contribution in [3.8, 4) is 0 Å². The molecule has 2 N–H and O–H groups in total. The van der Waals surface area contributed by atoms with Crippen molar-refractivity contribution >= 4 is 49.3 Å². The van der Waals surface area contributed by atoms with Crippen molar-refractivity contribution < 1.29 is 4.79 Å². The minimum absolute atomic E-state index is 0.256. The normalized spacial score (nSPS) is 10.2. The van der Waals surface area contributed by atoms with Crippen molar-refractivity contribution in [1.82, 2.24) is 0 Å². The Labute approximate surface area is 135 Å². The molecule has 0 aliphatic rings. The maximum atomic E-state index is 11.9. The van der Waals surface area contributed by atoms with Gasteiger partial charge in [-0.15, -0.1) is 0 Å². The maximum absolute atomic E-state index is 11.9. The number of anilines is 2. The third-order valence-corrected chi connectivity index (χ3v) is 4.61. The van der Waals surface area contributed by atoms with Crippen LogP contribution in [0.3, 0.4) is 0 Å². The molecule has 0 aromatic heterocycles. The Morgan fingerprint density at radius 3 is 1.60 bits per heavy atom. The molecule has 0 saturated heterocycles. The first-order valence-electron chi connectivity index (χ1n) is 6.06. The van der Waals surface area contributed by atoms with Gasteiger partial charge in [-0.25, -0.2) is 4.79 Å². The lowest BCUT2D eigenvalue weighted by atomic mass is 10.2. The second-order valence-electron chi connectivity index (χ2n) is 4.51. The number of rotatable bonds is 2. The van der Waals surface area contributed by atoms with Crippen LogP contribution in [0.5, 0.6) is 0 Å². The highest BCUT2D eigenvalue weighted by atomic mass is 79.9. The van der Waals surface area contributed by atoms with Gasteiger partial charge in [-0.1, -0.05) is 31.9 Å². The van der Waals surface area contributed by atoms with E-state index in [4.69, 9.17) is 0 Å². The van der Waals surface area contributed by atoms with E-state index in [2.05, 4.69) is 42.5 Å². The molecule has 20 heavy (non-hydrogen) atoms. The third-order valence-electron chi connectivity index (χ3n) is 2.83. The average molecular weight is 398 g/mol. The number of nitrogens with one attached hydrogen (secondary N) is 2. The molecular formula is C15H14Br2N2O. The maximum Gasteiger partial charge on any atom is 0.323 e. The molecule has 5 heteroatoms. The van der Waals surface area contributed by atoms with Crippen molar-refractivity contribution in [3.63, 3.8) is 0 Å². The predicted octanol–water partition coefficient (Wildman–Crippen LogP) is 5.47. The molecule has 0 unspecified atom stereocenters. The molecule has 0 spiro atoms. The lowest BCUT2D eigenvalue weighted by Gasteiger charge is -2.10. The van der Waals surface area contributed by atoms with Crippen molar-refractivity contribution in [3.05, 3.63) is 56.5 Å². The van der Waals surface area contributed by atoms with Gasteiger partial charge in [0.25, 0.3) is 0 Å². The van der Waals surface area contributed by atoms with Gasteiger partial charge in [0.15, 0.2) is 0 Å². The minimum atomic E-state index is -0.256. The smallest absolute Gasteiger partial charge is 0.308 e. The Balaban J connectivity index is 2.04. The van der Waals surface area contributed by atoms with E-state index in [0.717, 1.165) is 31.4 Å². The molecular weight excluding hydrogens is 384 g/mol. The Morgan fingerprint density at radius 2 is 1.25 bits per heavy atom. The summed E-state index contributed by atoms with van der Waals surface area (Å²) in [6.07, 6.45) is 0. The van der Waals surface area contributed by atoms with Gasteiger partial charge < -0.3 is 10.6 Å². The van der Waals surface area contributed by atoms with Gasteiger partial charge in [0, 0.05) is 20.3 Å². The van der Waals surface area contributed by atoms with Crippen LogP contribution >= 0.6 is 31.9 Å². The van der Waals surface area contributed by atoms with Gasteiger partial charge >= 0.3 is 6.03 Å². The highest BCUT2D eigenvalue weighted by molar-refractivity contribution is 9.10. The standard InChI is InChI=1S/C15H14Br2N2O/c1-9-7-11(3-5-13(9)16)18-15(20)19-12-4-6-14(17)10(2)8-12/h3-8H,1-2H3,(H2,18,19,20). The molecule has 3 nitrogen and oxygen atoms in total. The summed E-state index contributed by atoms with van der Waals surface area (Å²) in [7, 11) is 0. The zero-order chi connectivity index (χ0) is 14.7. The summed E-state index contributed by atoms with van der Waals surface area (Å²) >= 11 is 6.86. The third kappa shape index (κ3) is 3.84. The second-order valence-corrected chi connectivity index (χ2v) is 6.22. The molecule has 2 rings (SSSR count). The van der Waals surface area contributed by atoms with E-state index in [9.17, 15) is 4.79 Å². The van der Waals surface area contributed by atoms with E-state index in [-0.39, 0.29) is 6.03 Å². The second kappa shape index (κ2) is 6.41. The summed E-state index contributed by atoms with van der Waals surface area (Å²) in [5.74, 6) is 0. The van der Waals surface area contributed by atoms with Gasteiger partial charge in [0.1, 0.15) is 0 Å². The first-order chi connectivity index (χ1) is 9.45. The van der Waals surface area contributed by atoms with Crippen molar-refractivity contribution in [1.29, 1.82) is 0 Å². The molecule has 0 saturated carbocycles. The highest BCUT2D eigenvalue weighted by Gasteiger charge is 2.05. The number of hydrogen-bond donors (Lipinski definition) is 2. The molecule has 0 fully saturated rings. The van der Waals surface area contributed by atoms with Gasteiger partial charge in [0.2, 0.25) is 0 Å². The van der Waals surface area contributed by atoms with Crippen molar-refractivity contribution in [2.24, 2.45) is 0 Å². The van der Waals surface area contributed by atoms with E-state index in [0.29, 0.717) is 0 Å². The van der Waals surface area contributed by atoms with Crippen LogP contribution in [0.2, 0.25) is 0 Å². The molecule has 0 aliphatic heterocycles. The van der Waals surface area contributed by atoms with Crippen molar-refractivity contribution in [2.45, 2.75) is 13.8 Å². The lowest BCUT2D eigenvalue weighted by Crippen LogP contribution is -2.19. The Bertz CT molecular complexity index is 601. The molecule has 0 atom stereocenters.